The summed E-state index contributed by atoms with van der Waals surface area (Å²) < 4.78 is 8.44. The quantitative estimate of drug-likeness (QED) is 0.399. The summed E-state index contributed by atoms with van der Waals surface area (Å²) in [7, 11) is 0. The third kappa shape index (κ3) is 3.50. The molecule has 0 aliphatic rings. The molecule has 0 unspecified atom stereocenters. The molecule has 3 aromatic carbocycles. The van der Waals surface area contributed by atoms with Gasteiger partial charge in [0.05, 0.1) is 21.9 Å². The summed E-state index contributed by atoms with van der Waals surface area (Å²) in [5.74, 6) is 2.26. The number of hydrogen-bond acceptors (Lipinski definition) is 4. The summed E-state index contributed by atoms with van der Waals surface area (Å²) >= 11 is 0. The van der Waals surface area contributed by atoms with Crippen molar-refractivity contribution >= 4 is 21.9 Å². The lowest BCUT2D eigenvalue weighted by Gasteiger charge is -2.12. The third-order valence-corrected chi connectivity index (χ3v) is 5.19. The Morgan fingerprint density at radius 1 is 0.767 bits per heavy atom. The van der Waals surface area contributed by atoms with Gasteiger partial charge in [-0.2, -0.15) is 4.98 Å². The molecule has 0 amide bonds. The fourth-order valence-corrected chi connectivity index (χ4v) is 3.67. The van der Waals surface area contributed by atoms with Gasteiger partial charge >= 0.3 is 0 Å². The van der Waals surface area contributed by atoms with E-state index in [2.05, 4.69) is 44.9 Å². The summed E-state index contributed by atoms with van der Waals surface area (Å²) in [4.78, 5) is 14.1. The number of nitrogens with zero attached hydrogens (tertiary/aromatic N) is 4. The smallest absolute Gasteiger partial charge is 0.225 e. The highest BCUT2D eigenvalue weighted by Crippen LogP contribution is 2.24. The van der Waals surface area contributed by atoms with Crippen LogP contribution in [-0.2, 0) is 19.6 Å². The van der Waals surface area contributed by atoms with Gasteiger partial charge in [0.1, 0.15) is 18.3 Å². The maximum absolute atomic E-state index is 6.22. The lowest BCUT2D eigenvalue weighted by Crippen LogP contribution is -2.09. The van der Waals surface area contributed by atoms with Gasteiger partial charge in [-0.05, 0) is 29.8 Å². The highest BCUT2D eigenvalue weighted by atomic mass is 16.5. The van der Waals surface area contributed by atoms with Gasteiger partial charge in [0.2, 0.25) is 5.88 Å². The predicted molar refractivity (Wildman–Crippen MR) is 119 cm³/mol. The molecule has 0 radical (unpaired) electrons. The molecule has 0 fully saturated rings. The SMILES string of the molecule is CCc1nc(OCc2nc3ccccc3n2Cc2ccccc2)c2ccccc2n1. The first kappa shape index (κ1) is 18.3. The Bertz CT molecular complexity index is 1310. The molecule has 5 heteroatoms. The first-order chi connectivity index (χ1) is 14.8. The van der Waals surface area contributed by atoms with E-state index >= 15 is 0 Å². The minimum atomic E-state index is 0.339. The molecule has 2 aromatic heterocycles. The van der Waals surface area contributed by atoms with Crippen LogP contribution >= 0.6 is 0 Å². The molecule has 2 heterocycles. The number of benzene rings is 3. The highest BCUT2D eigenvalue weighted by Gasteiger charge is 2.14. The fraction of sp³-hybridized carbons (Fsp3) is 0.160. The van der Waals surface area contributed by atoms with Crippen molar-refractivity contribution in [3.63, 3.8) is 0 Å². The highest BCUT2D eigenvalue weighted by molar-refractivity contribution is 5.83. The Hall–Kier alpha value is -3.73. The molecule has 0 saturated carbocycles. The molecule has 0 aliphatic heterocycles. The van der Waals surface area contributed by atoms with Crippen LogP contribution in [0.15, 0.2) is 78.9 Å². The molecular weight excluding hydrogens is 372 g/mol. The summed E-state index contributed by atoms with van der Waals surface area (Å²) in [5.41, 5.74) is 4.19. The van der Waals surface area contributed by atoms with Crippen LogP contribution in [0.3, 0.4) is 0 Å². The second kappa shape index (κ2) is 7.95. The van der Waals surface area contributed by atoms with Crippen molar-refractivity contribution in [3.8, 4) is 5.88 Å². The van der Waals surface area contributed by atoms with Crippen LogP contribution in [0.1, 0.15) is 24.1 Å². The Morgan fingerprint density at radius 3 is 2.33 bits per heavy atom. The maximum Gasteiger partial charge on any atom is 0.225 e. The summed E-state index contributed by atoms with van der Waals surface area (Å²) in [6.45, 7) is 3.13. The monoisotopic (exact) mass is 394 g/mol. The van der Waals surface area contributed by atoms with Crippen molar-refractivity contribution in [2.75, 3.05) is 0 Å². The Balaban J connectivity index is 1.52. The van der Waals surface area contributed by atoms with Gasteiger partial charge in [0.25, 0.3) is 0 Å². The number of imidazole rings is 1. The normalized spacial score (nSPS) is 11.2. The lowest BCUT2D eigenvalue weighted by atomic mass is 10.2. The van der Waals surface area contributed by atoms with Crippen LogP contribution in [0.4, 0.5) is 0 Å². The van der Waals surface area contributed by atoms with Gasteiger partial charge in [-0.1, -0.05) is 61.5 Å². The number of aryl methyl sites for hydroxylation is 1. The van der Waals surface area contributed by atoms with Gasteiger partial charge in [-0.15, -0.1) is 0 Å². The number of rotatable bonds is 6. The molecule has 5 nitrogen and oxygen atoms in total. The molecule has 0 atom stereocenters. The second-order valence-electron chi connectivity index (χ2n) is 7.19. The van der Waals surface area contributed by atoms with Crippen LogP contribution in [0.2, 0.25) is 0 Å². The maximum atomic E-state index is 6.22. The molecule has 0 aliphatic carbocycles. The van der Waals surface area contributed by atoms with E-state index in [0.717, 1.165) is 46.6 Å². The molecule has 148 valence electrons. The largest absolute Gasteiger partial charge is 0.469 e. The zero-order chi connectivity index (χ0) is 20.3. The van der Waals surface area contributed by atoms with Gasteiger partial charge in [-0.3, -0.25) is 0 Å². The Morgan fingerprint density at radius 2 is 1.50 bits per heavy atom. The topological polar surface area (TPSA) is 52.8 Å². The number of para-hydroxylation sites is 3. The fourth-order valence-electron chi connectivity index (χ4n) is 3.67. The number of fused-ring (bicyclic) bond motifs is 2. The van der Waals surface area contributed by atoms with Gasteiger partial charge in [-0.25, -0.2) is 9.97 Å². The average Bonchev–Trinajstić information content (AvgIpc) is 3.15. The molecular formula is C25H22N4O. The van der Waals surface area contributed by atoms with E-state index in [1.165, 1.54) is 5.56 Å². The van der Waals surface area contributed by atoms with Crippen molar-refractivity contribution in [2.45, 2.75) is 26.5 Å². The van der Waals surface area contributed by atoms with E-state index in [4.69, 9.17) is 9.72 Å². The molecule has 30 heavy (non-hydrogen) atoms. The van der Waals surface area contributed by atoms with Crippen molar-refractivity contribution in [2.24, 2.45) is 0 Å². The molecule has 0 N–H and O–H groups in total. The average molecular weight is 394 g/mol. The van der Waals surface area contributed by atoms with Crippen LogP contribution in [0.5, 0.6) is 5.88 Å². The van der Waals surface area contributed by atoms with Crippen LogP contribution in [-0.4, -0.2) is 19.5 Å². The van der Waals surface area contributed by atoms with Crippen molar-refractivity contribution in [1.29, 1.82) is 0 Å². The first-order valence-electron chi connectivity index (χ1n) is 10.2. The van der Waals surface area contributed by atoms with Crippen molar-refractivity contribution in [3.05, 3.63) is 96.1 Å². The molecule has 5 aromatic rings. The molecule has 5 rings (SSSR count). The standard InChI is InChI=1S/C25H22N4O/c1-2-23-26-20-13-7-6-12-19(20)25(28-23)30-17-24-27-21-14-8-9-15-22(21)29(24)16-18-10-4-3-5-11-18/h3-15H,2,16-17H2,1H3. The summed E-state index contributed by atoms with van der Waals surface area (Å²) in [6.07, 6.45) is 0.758. The van der Waals surface area contributed by atoms with E-state index in [-0.39, 0.29) is 0 Å². The van der Waals surface area contributed by atoms with Gasteiger partial charge < -0.3 is 9.30 Å². The molecule has 0 bridgehead atoms. The number of hydrogen-bond donors (Lipinski definition) is 0. The van der Waals surface area contributed by atoms with Crippen LogP contribution < -0.4 is 4.74 Å². The minimum Gasteiger partial charge on any atom is -0.469 e. The first-order valence-corrected chi connectivity index (χ1v) is 10.2. The van der Waals surface area contributed by atoms with E-state index in [9.17, 15) is 0 Å². The second-order valence-corrected chi connectivity index (χ2v) is 7.19. The number of ether oxygens (including phenoxy) is 1. The van der Waals surface area contributed by atoms with E-state index in [0.29, 0.717) is 12.5 Å². The Labute approximate surface area is 175 Å². The molecule has 0 saturated heterocycles. The molecule has 0 spiro atoms. The van der Waals surface area contributed by atoms with Gasteiger partial charge in [0.15, 0.2) is 0 Å². The van der Waals surface area contributed by atoms with E-state index in [1.54, 1.807) is 0 Å². The van der Waals surface area contributed by atoms with E-state index in [1.807, 2.05) is 55.5 Å². The minimum absolute atomic E-state index is 0.339. The lowest BCUT2D eigenvalue weighted by molar-refractivity contribution is 0.282. The third-order valence-electron chi connectivity index (χ3n) is 5.19. The zero-order valence-corrected chi connectivity index (χ0v) is 16.8. The van der Waals surface area contributed by atoms with Gasteiger partial charge in [0, 0.05) is 13.0 Å². The summed E-state index contributed by atoms with van der Waals surface area (Å²) in [6, 6.07) is 26.6. The van der Waals surface area contributed by atoms with Crippen LogP contribution in [0.25, 0.3) is 21.9 Å². The predicted octanol–water partition coefficient (Wildman–Crippen LogP) is 5.17. The Kier molecular flexibility index (Phi) is 4.85. The van der Waals surface area contributed by atoms with Crippen LogP contribution in [0, 0.1) is 0 Å². The number of aromatic nitrogens is 4. The van der Waals surface area contributed by atoms with Crippen molar-refractivity contribution in [1.82, 2.24) is 19.5 Å². The van der Waals surface area contributed by atoms with E-state index < -0.39 is 0 Å². The summed E-state index contributed by atoms with van der Waals surface area (Å²) in [5, 5.41) is 0.917. The van der Waals surface area contributed by atoms with Crippen molar-refractivity contribution < 1.29 is 4.74 Å². The zero-order valence-electron chi connectivity index (χ0n) is 16.8.